The van der Waals surface area contributed by atoms with Gasteiger partial charge in [-0.15, -0.1) is 10.2 Å². The number of nitrogens with one attached hydrogen (secondary N) is 3. The Balaban J connectivity index is 1.13. The van der Waals surface area contributed by atoms with E-state index in [1.165, 1.54) is 19.6 Å². The fourth-order valence-electron chi connectivity index (χ4n) is 9.65. The first kappa shape index (κ1) is 53.5. The molecule has 5 N–H and O–H groups in total. The summed E-state index contributed by atoms with van der Waals surface area (Å²) in [7, 11) is 0. The summed E-state index contributed by atoms with van der Waals surface area (Å²) in [4.78, 5) is 103. The van der Waals surface area contributed by atoms with E-state index in [9.17, 15) is 59.9 Å². The van der Waals surface area contributed by atoms with Gasteiger partial charge >= 0.3 is 6.18 Å². The highest BCUT2D eigenvalue weighted by molar-refractivity contribution is 5.97. The summed E-state index contributed by atoms with van der Waals surface area (Å²) in [5.74, 6) is -10.5. The number of likely N-dealkylation sites (tertiary alicyclic amines) is 3. The first-order valence-electron chi connectivity index (χ1n) is 23.9. The Labute approximate surface area is 401 Å². The fourth-order valence-corrected chi connectivity index (χ4v) is 9.65. The predicted octanol–water partition coefficient (Wildman–Crippen LogP) is 2.41. The molecule has 0 bridgehead atoms. The van der Waals surface area contributed by atoms with Crippen LogP contribution in [0.5, 0.6) is 0 Å². The lowest BCUT2D eigenvalue weighted by molar-refractivity contribution is -0.148. The number of aromatic nitrogens is 3. The molecule has 386 valence electrons. The normalized spacial score (nSPS) is 21.2. The first-order valence-corrected chi connectivity index (χ1v) is 23.9. The van der Waals surface area contributed by atoms with Crippen molar-refractivity contribution >= 4 is 41.4 Å². The second-order valence-electron chi connectivity index (χ2n) is 19.7. The van der Waals surface area contributed by atoms with Crippen LogP contribution in [0.4, 0.5) is 26.3 Å². The van der Waals surface area contributed by atoms with Gasteiger partial charge in [0.1, 0.15) is 36.0 Å². The van der Waals surface area contributed by atoms with Crippen LogP contribution >= 0.6 is 0 Å². The summed E-state index contributed by atoms with van der Waals surface area (Å²) in [5.41, 5.74) is 5.75. The molecule has 0 saturated carbocycles. The van der Waals surface area contributed by atoms with Crippen LogP contribution in [0.15, 0.2) is 12.1 Å². The number of amides is 7. The van der Waals surface area contributed by atoms with Crippen LogP contribution in [0.3, 0.4) is 0 Å². The molecule has 4 aliphatic rings. The Morgan fingerprint density at radius 3 is 1.59 bits per heavy atom. The molecular formula is C46H63F6N11O7. The zero-order valence-electron chi connectivity index (χ0n) is 40.2. The Kier molecular flexibility index (Phi) is 16.9. The van der Waals surface area contributed by atoms with Crippen molar-refractivity contribution in [3.05, 3.63) is 46.8 Å². The lowest BCUT2D eigenvalue weighted by Crippen LogP contribution is -2.60. The van der Waals surface area contributed by atoms with Crippen LogP contribution in [0.1, 0.15) is 104 Å². The van der Waals surface area contributed by atoms with Crippen molar-refractivity contribution in [3.63, 3.8) is 0 Å². The molecule has 4 aliphatic heterocycles. The maximum absolute atomic E-state index is 15.0. The van der Waals surface area contributed by atoms with Crippen molar-refractivity contribution < 1.29 is 59.9 Å². The number of alkyl halides is 3. The van der Waals surface area contributed by atoms with E-state index in [1.54, 1.807) is 27.7 Å². The van der Waals surface area contributed by atoms with Gasteiger partial charge < -0.3 is 45.9 Å². The molecule has 6 rings (SSSR count). The zero-order chi connectivity index (χ0) is 51.5. The van der Waals surface area contributed by atoms with Gasteiger partial charge in [-0.25, -0.2) is 13.2 Å². The quantitative estimate of drug-likeness (QED) is 0.142. The maximum atomic E-state index is 15.0. The van der Waals surface area contributed by atoms with E-state index in [4.69, 9.17) is 5.73 Å². The molecule has 0 aliphatic carbocycles. The van der Waals surface area contributed by atoms with Gasteiger partial charge in [0, 0.05) is 51.3 Å². The van der Waals surface area contributed by atoms with Gasteiger partial charge in [-0.05, 0) is 74.3 Å². The molecule has 24 heteroatoms. The number of hydrogen-bond donors (Lipinski definition) is 4. The fraction of sp³-hybridized carbons (Fsp3) is 0.674. The molecule has 70 heavy (non-hydrogen) atoms. The van der Waals surface area contributed by atoms with Gasteiger partial charge in [-0.3, -0.25) is 33.6 Å². The number of carbonyl (C=O) groups excluding carboxylic acids is 7. The minimum Gasteiger partial charge on any atom is -0.351 e. The summed E-state index contributed by atoms with van der Waals surface area (Å²) in [6.45, 7) is 10.3. The largest absolute Gasteiger partial charge is 0.451 e. The number of nitrogens with zero attached hydrogens (tertiary/aromatic N) is 7. The second kappa shape index (κ2) is 22.1. The van der Waals surface area contributed by atoms with Crippen molar-refractivity contribution in [1.82, 2.24) is 50.3 Å². The Morgan fingerprint density at radius 2 is 1.11 bits per heavy atom. The van der Waals surface area contributed by atoms with Crippen LogP contribution in [0, 0.1) is 35.2 Å². The molecular weight excluding hydrogens is 933 g/mol. The molecule has 7 unspecified atom stereocenters. The van der Waals surface area contributed by atoms with Crippen molar-refractivity contribution in [2.45, 2.75) is 154 Å². The lowest BCUT2D eigenvalue weighted by atomic mass is 9.99. The average molecular weight is 996 g/mol. The van der Waals surface area contributed by atoms with Gasteiger partial charge in [0.05, 0.1) is 12.6 Å². The minimum atomic E-state index is -4.79. The van der Waals surface area contributed by atoms with Crippen LogP contribution in [0.2, 0.25) is 0 Å². The number of fused-ring (bicyclic) bond motifs is 1. The zero-order valence-corrected chi connectivity index (χ0v) is 40.2. The van der Waals surface area contributed by atoms with E-state index in [2.05, 4.69) is 26.1 Å². The van der Waals surface area contributed by atoms with E-state index in [1.807, 2.05) is 13.8 Å². The third-order valence-corrected chi connectivity index (χ3v) is 13.7. The molecule has 18 nitrogen and oxygen atoms in total. The van der Waals surface area contributed by atoms with Gasteiger partial charge in [0.15, 0.2) is 17.5 Å². The number of rotatable bonds is 16. The molecule has 0 spiro atoms. The highest BCUT2D eigenvalue weighted by Gasteiger charge is 2.45. The first-order chi connectivity index (χ1) is 32.9. The Morgan fingerprint density at radius 1 is 0.643 bits per heavy atom. The van der Waals surface area contributed by atoms with Crippen molar-refractivity contribution in [2.75, 3.05) is 26.2 Å². The van der Waals surface area contributed by atoms with Gasteiger partial charge in [-0.1, -0.05) is 41.5 Å². The maximum Gasteiger partial charge on any atom is 0.451 e. The van der Waals surface area contributed by atoms with E-state index < -0.39 is 132 Å². The molecule has 7 atom stereocenters. The van der Waals surface area contributed by atoms with Crippen LogP contribution in [-0.2, 0) is 59.2 Å². The van der Waals surface area contributed by atoms with E-state index in [-0.39, 0.29) is 68.8 Å². The molecule has 0 radical (unpaired) electrons. The lowest BCUT2D eigenvalue weighted by Gasteiger charge is -2.34. The molecule has 5 heterocycles. The number of nitrogens with two attached hydrogens (primary N) is 1. The highest BCUT2D eigenvalue weighted by atomic mass is 19.4. The van der Waals surface area contributed by atoms with Crippen molar-refractivity contribution in [1.29, 1.82) is 0 Å². The number of hydrogen-bond acceptors (Lipinski definition) is 10. The number of halogens is 6. The molecule has 3 fully saturated rings. The summed E-state index contributed by atoms with van der Waals surface area (Å²) >= 11 is 0. The standard InChI is InChI=1S/C46H63F6N11O7/c1-23(2)36(53)42(68)60-13-7-11-32(60)40(66)55-38(25(5)6)44(70)62-15-9-12-33(62)41(67)56-37(24(3)4)43(69)61-14-8-10-31(61)39(65)54-27(18-26-19-29(48)30(49)21-28(26)47)20-35(64)59-16-17-63-34(22-59)57-58-45(63)46(50,51)52/h19,21,23-25,27,31-33,36-38H,7-18,20,22,53H2,1-6H3,(H,54,65)(H,55,66)(H,56,67). The molecule has 2 aromatic rings. The molecule has 1 aromatic carbocycles. The van der Waals surface area contributed by atoms with Gasteiger partial charge in [0.2, 0.25) is 47.2 Å². The third-order valence-electron chi connectivity index (χ3n) is 13.7. The van der Waals surface area contributed by atoms with Gasteiger partial charge in [-0.2, -0.15) is 13.2 Å². The van der Waals surface area contributed by atoms with Crippen LogP contribution < -0.4 is 21.7 Å². The minimum absolute atomic E-state index is 0.0863. The van der Waals surface area contributed by atoms with Crippen LogP contribution in [0.25, 0.3) is 0 Å². The second-order valence-corrected chi connectivity index (χ2v) is 19.7. The van der Waals surface area contributed by atoms with Crippen molar-refractivity contribution in [2.24, 2.45) is 23.5 Å². The molecule has 7 amide bonds. The third kappa shape index (κ3) is 11.8. The summed E-state index contributed by atoms with van der Waals surface area (Å²) in [6, 6.07) is -6.38. The van der Waals surface area contributed by atoms with Gasteiger partial charge in [0.25, 0.3) is 0 Å². The summed E-state index contributed by atoms with van der Waals surface area (Å²) in [6.07, 6.45) is -3.69. The van der Waals surface area contributed by atoms with Crippen molar-refractivity contribution in [3.8, 4) is 0 Å². The Hall–Kier alpha value is -5.81. The SMILES string of the molecule is CC(C)C(N)C(=O)N1CCCC1C(=O)NC(C(=O)N1CCCC1C(=O)NC(C(=O)N1CCCC1C(=O)NC(CC(=O)N1CCn2c(nnc2C(F)(F)F)C1)Cc1cc(F)c(F)cc1F)C(C)C)C(C)C. The summed E-state index contributed by atoms with van der Waals surface area (Å²) in [5, 5.41) is 15.1. The Bertz CT molecular complexity index is 2310. The average Bonchev–Trinajstić information content (AvgIpc) is 4.14. The predicted molar refractivity (Wildman–Crippen MR) is 238 cm³/mol. The van der Waals surface area contributed by atoms with E-state index in [0.717, 1.165) is 4.57 Å². The number of benzene rings is 1. The molecule has 3 saturated heterocycles. The van der Waals surface area contributed by atoms with Crippen LogP contribution in [-0.4, -0.2) is 144 Å². The number of carbonyl (C=O) groups is 7. The molecule has 1 aromatic heterocycles. The topological polar surface area (TPSA) is 225 Å². The van der Waals surface area contributed by atoms with E-state index in [0.29, 0.717) is 44.4 Å². The summed E-state index contributed by atoms with van der Waals surface area (Å²) < 4.78 is 84.5. The smallest absolute Gasteiger partial charge is 0.351 e. The highest BCUT2D eigenvalue weighted by Crippen LogP contribution is 2.30. The van der Waals surface area contributed by atoms with E-state index >= 15 is 0 Å². The monoisotopic (exact) mass is 995 g/mol.